The molecule has 1 heterocycles. The Bertz CT molecular complexity index is 520. The molecule has 0 fully saturated rings. The van der Waals surface area contributed by atoms with E-state index in [-0.39, 0.29) is 6.04 Å². The van der Waals surface area contributed by atoms with E-state index in [1.807, 2.05) is 37.3 Å². The van der Waals surface area contributed by atoms with Gasteiger partial charge in [0.15, 0.2) is 0 Å². The molecule has 2 nitrogen and oxygen atoms in total. The summed E-state index contributed by atoms with van der Waals surface area (Å²) in [6.45, 7) is 1.97. The van der Waals surface area contributed by atoms with Crippen LogP contribution in [-0.4, -0.2) is 6.04 Å². The van der Waals surface area contributed by atoms with Gasteiger partial charge in [0, 0.05) is 27.0 Å². The summed E-state index contributed by atoms with van der Waals surface area (Å²) in [6, 6.07) is 10.1. The normalized spacial score (nSPS) is 12.7. The standard InChI is InChI=1S/C13H13Br2NO/c1-8(16)6-10-3-5-13(17-10)11-7-9(14)2-4-12(11)15/h2-5,7-8H,6,16H2,1H3. The zero-order valence-electron chi connectivity index (χ0n) is 9.41. The SMILES string of the molecule is CC(N)Cc1ccc(-c2cc(Br)ccc2Br)o1. The van der Waals surface area contributed by atoms with Crippen molar-refractivity contribution in [2.24, 2.45) is 5.73 Å². The predicted octanol–water partition coefficient (Wildman–Crippen LogP) is 4.36. The van der Waals surface area contributed by atoms with E-state index in [1.165, 1.54) is 0 Å². The van der Waals surface area contributed by atoms with Crippen molar-refractivity contribution in [1.29, 1.82) is 0 Å². The van der Waals surface area contributed by atoms with Gasteiger partial charge >= 0.3 is 0 Å². The number of nitrogens with two attached hydrogens (primary N) is 1. The molecule has 0 saturated carbocycles. The molecule has 1 atom stereocenters. The van der Waals surface area contributed by atoms with Crippen molar-refractivity contribution in [2.45, 2.75) is 19.4 Å². The van der Waals surface area contributed by atoms with Crippen LogP contribution in [0, 0.1) is 0 Å². The third-order valence-corrected chi connectivity index (χ3v) is 3.56. The van der Waals surface area contributed by atoms with Crippen LogP contribution in [0.1, 0.15) is 12.7 Å². The summed E-state index contributed by atoms with van der Waals surface area (Å²) in [4.78, 5) is 0. The zero-order chi connectivity index (χ0) is 12.4. The highest BCUT2D eigenvalue weighted by Gasteiger charge is 2.09. The summed E-state index contributed by atoms with van der Waals surface area (Å²) in [6.07, 6.45) is 0.756. The maximum absolute atomic E-state index is 5.79. The van der Waals surface area contributed by atoms with Crippen molar-refractivity contribution >= 4 is 31.9 Å². The Kier molecular flexibility index (Phi) is 4.07. The molecule has 17 heavy (non-hydrogen) atoms. The summed E-state index contributed by atoms with van der Waals surface area (Å²) < 4.78 is 7.83. The molecule has 0 amide bonds. The molecule has 0 spiro atoms. The van der Waals surface area contributed by atoms with Gasteiger partial charge in [0.2, 0.25) is 0 Å². The van der Waals surface area contributed by atoms with E-state index in [1.54, 1.807) is 0 Å². The molecule has 0 aliphatic carbocycles. The summed E-state index contributed by atoms with van der Waals surface area (Å²) in [5.41, 5.74) is 6.79. The topological polar surface area (TPSA) is 39.2 Å². The molecule has 2 rings (SSSR count). The van der Waals surface area contributed by atoms with E-state index >= 15 is 0 Å². The number of hydrogen-bond acceptors (Lipinski definition) is 2. The molecule has 4 heteroatoms. The molecule has 1 aromatic heterocycles. The molecular formula is C13H13Br2NO. The van der Waals surface area contributed by atoms with Crippen molar-refractivity contribution in [3.63, 3.8) is 0 Å². The Labute approximate surface area is 117 Å². The largest absolute Gasteiger partial charge is 0.461 e. The van der Waals surface area contributed by atoms with Crippen molar-refractivity contribution in [2.75, 3.05) is 0 Å². The highest BCUT2D eigenvalue weighted by atomic mass is 79.9. The van der Waals surface area contributed by atoms with Crippen molar-refractivity contribution < 1.29 is 4.42 Å². The second-order valence-electron chi connectivity index (χ2n) is 4.07. The van der Waals surface area contributed by atoms with Crippen molar-refractivity contribution in [1.82, 2.24) is 0 Å². The molecule has 0 saturated heterocycles. The van der Waals surface area contributed by atoms with Crippen LogP contribution in [0.25, 0.3) is 11.3 Å². The van der Waals surface area contributed by atoms with Crippen LogP contribution in [0.15, 0.2) is 43.7 Å². The Morgan fingerprint density at radius 3 is 2.71 bits per heavy atom. The summed E-state index contributed by atoms with van der Waals surface area (Å²) in [7, 11) is 0. The van der Waals surface area contributed by atoms with Gasteiger partial charge in [-0.1, -0.05) is 31.9 Å². The maximum Gasteiger partial charge on any atom is 0.135 e. The summed E-state index contributed by atoms with van der Waals surface area (Å²) in [5, 5.41) is 0. The first kappa shape index (κ1) is 12.9. The van der Waals surface area contributed by atoms with Gasteiger partial charge in [-0.05, 0) is 37.3 Å². The molecule has 2 N–H and O–H groups in total. The van der Waals surface area contributed by atoms with Gasteiger partial charge in [-0.15, -0.1) is 0 Å². The molecular weight excluding hydrogens is 346 g/mol. The average Bonchev–Trinajstić information content (AvgIpc) is 2.69. The molecule has 2 aromatic rings. The fraction of sp³-hybridized carbons (Fsp3) is 0.231. The quantitative estimate of drug-likeness (QED) is 0.885. The number of rotatable bonds is 3. The molecule has 90 valence electrons. The van der Waals surface area contributed by atoms with E-state index < -0.39 is 0 Å². The Morgan fingerprint density at radius 1 is 1.24 bits per heavy atom. The smallest absolute Gasteiger partial charge is 0.135 e. The van der Waals surface area contributed by atoms with Crippen LogP contribution in [0.4, 0.5) is 0 Å². The van der Waals surface area contributed by atoms with Crippen LogP contribution < -0.4 is 5.73 Å². The summed E-state index contributed by atoms with van der Waals surface area (Å²) >= 11 is 6.98. The zero-order valence-corrected chi connectivity index (χ0v) is 12.6. The van der Waals surface area contributed by atoms with Gasteiger partial charge in [-0.25, -0.2) is 0 Å². The van der Waals surface area contributed by atoms with Gasteiger partial charge < -0.3 is 10.2 Å². The first-order valence-corrected chi connectivity index (χ1v) is 6.94. The van der Waals surface area contributed by atoms with Gasteiger partial charge in [0.1, 0.15) is 11.5 Å². The minimum atomic E-state index is 0.111. The monoisotopic (exact) mass is 357 g/mol. The van der Waals surface area contributed by atoms with E-state index in [0.29, 0.717) is 0 Å². The maximum atomic E-state index is 5.79. The van der Waals surface area contributed by atoms with Crippen molar-refractivity contribution in [3.05, 3.63) is 45.0 Å². The number of halogens is 2. The molecule has 0 radical (unpaired) electrons. The molecule has 0 aliphatic rings. The van der Waals surface area contributed by atoms with Crippen LogP contribution in [0.3, 0.4) is 0 Å². The minimum absolute atomic E-state index is 0.111. The highest BCUT2D eigenvalue weighted by molar-refractivity contribution is 9.11. The highest BCUT2D eigenvalue weighted by Crippen LogP contribution is 2.32. The number of benzene rings is 1. The van der Waals surface area contributed by atoms with Crippen molar-refractivity contribution in [3.8, 4) is 11.3 Å². The Hall–Kier alpha value is -0.580. The molecule has 1 unspecified atom stereocenters. The van der Waals surface area contributed by atoms with Gasteiger partial charge in [-0.2, -0.15) is 0 Å². The van der Waals surface area contributed by atoms with Crippen LogP contribution in [0.5, 0.6) is 0 Å². The number of furan rings is 1. The molecule has 0 bridgehead atoms. The lowest BCUT2D eigenvalue weighted by molar-refractivity contribution is 0.503. The third-order valence-electron chi connectivity index (χ3n) is 2.38. The second kappa shape index (κ2) is 5.38. The number of hydrogen-bond donors (Lipinski definition) is 1. The molecule has 1 aromatic carbocycles. The van der Waals surface area contributed by atoms with Gasteiger partial charge in [0.05, 0.1) is 0 Å². The van der Waals surface area contributed by atoms with E-state index in [9.17, 15) is 0 Å². The predicted molar refractivity (Wildman–Crippen MR) is 76.9 cm³/mol. The first-order chi connectivity index (χ1) is 8.06. The van der Waals surface area contributed by atoms with E-state index in [4.69, 9.17) is 10.2 Å². The molecule has 0 aliphatic heterocycles. The first-order valence-electron chi connectivity index (χ1n) is 5.36. The Balaban J connectivity index is 2.33. The minimum Gasteiger partial charge on any atom is -0.461 e. The van der Waals surface area contributed by atoms with Crippen LogP contribution >= 0.6 is 31.9 Å². The van der Waals surface area contributed by atoms with E-state index in [0.717, 1.165) is 32.5 Å². The average molecular weight is 359 g/mol. The third kappa shape index (κ3) is 3.21. The van der Waals surface area contributed by atoms with Gasteiger partial charge in [0.25, 0.3) is 0 Å². The van der Waals surface area contributed by atoms with Crippen LogP contribution in [-0.2, 0) is 6.42 Å². The summed E-state index contributed by atoms with van der Waals surface area (Å²) in [5.74, 6) is 1.77. The fourth-order valence-electron chi connectivity index (χ4n) is 1.64. The van der Waals surface area contributed by atoms with Crippen LogP contribution in [0.2, 0.25) is 0 Å². The lowest BCUT2D eigenvalue weighted by Crippen LogP contribution is -2.17. The lowest BCUT2D eigenvalue weighted by atomic mass is 10.2. The Morgan fingerprint density at radius 2 is 2.00 bits per heavy atom. The lowest BCUT2D eigenvalue weighted by Gasteiger charge is -2.03. The fourth-order valence-corrected chi connectivity index (χ4v) is 2.44. The van der Waals surface area contributed by atoms with Gasteiger partial charge in [-0.3, -0.25) is 0 Å². The van der Waals surface area contributed by atoms with E-state index in [2.05, 4.69) is 31.9 Å². The second-order valence-corrected chi connectivity index (χ2v) is 5.84.